The molecule has 0 bridgehead atoms. The summed E-state index contributed by atoms with van der Waals surface area (Å²) in [5, 5.41) is 6.52. The smallest absolute Gasteiger partial charge is 0.192 e. The number of rotatable bonds is 5. The Hall–Kier alpha value is -1.16. The first kappa shape index (κ1) is 20.6. The highest BCUT2D eigenvalue weighted by atomic mass is 32.2. The predicted octanol–water partition coefficient (Wildman–Crippen LogP) is 4.22. The zero-order valence-corrected chi connectivity index (χ0v) is 19.1. The van der Waals surface area contributed by atoms with Crippen molar-refractivity contribution in [1.82, 2.24) is 19.7 Å². The topological polar surface area (TPSA) is 88.1 Å². The Morgan fingerprint density at radius 2 is 2.07 bits per heavy atom. The summed E-state index contributed by atoms with van der Waals surface area (Å²) in [6.45, 7) is 13.5. The molecule has 0 amide bonds. The standard InChI is InChI=1S/C18H31N5O2SSi/c1-8-11-12(25-27(6,7)18(2,3)4)9-13(24-11)23-16-14(17(22-23)26-5)15(19)20-10-21-16/h10-13H,8-9H2,1-7H3,(H2,19,20,21)/t11-,12+,13-/m1/s1. The van der Waals surface area contributed by atoms with E-state index in [4.69, 9.17) is 20.0 Å². The van der Waals surface area contributed by atoms with Crippen LogP contribution >= 0.6 is 11.8 Å². The van der Waals surface area contributed by atoms with E-state index in [9.17, 15) is 0 Å². The van der Waals surface area contributed by atoms with Crippen LogP contribution in [0.3, 0.4) is 0 Å². The predicted molar refractivity (Wildman–Crippen MR) is 112 cm³/mol. The molecule has 0 saturated carbocycles. The van der Waals surface area contributed by atoms with Gasteiger partial charge in [-0.2, -0.15) is 5.10 Å². The van der Waals surface area contributed by atoms with Crippen LogP contribution in [0.2, 0.25) is 18.1 Å². The van der Waals surface area contributed by atoms with Gasteiger partial charge in [-0.25, -0.2) is 14.6 Å². The third-order valence-electron chi connectivity index (χ3n) is 5.79. The molecule has 2 aromatic rings. The van der Waals surface area contributed by atoms with E-state index in [1.54, 1.807) is 11.8 Å². The molecule has 1 fully saturated rings. The molecule has 150 valence electrons. The number of hydrogen-bond donors (Lipinski definition) is 1. The maximum atomic E-state index is 6.70. The molecule has 0 radical (unpaired) electrons. The number of ether oxygens (including phenoxy) is 1. The van der Waals surface area contributed by atoms with Gasteiger partial charge in [0.15, 0.2) is 20.2 Å². The first-order chi connectivity index (χ1) is 12.6. The molecular formula is C18H31N5O2SSi. The minimum absolute atomic E-state index is 0.0558. The minimum Gasteiger partial charge on any atom is -0.411 e. The second-order valence-corrected chi connectivity index (χ2v) is 14.2. The van der Waals surface area contributed by atoms with Gasteiger partial charge in [-0.3, -0.25) is 0 Å². The molecule has 1 aliphatic heterocycles. The van der Waals surface area contributed by atoms with E-state index in [-0.39, 0.29) is 23.5 Å². The van der Waals surface area contributed by atoms with E-state index in [0.717, 1.165) is 28.9 Å². The molecule has 3 rings (SSSR count). The summed E-state index contributed by atoms with van der Waals surface area (Å²) in [5.41, 5.74) is 6.80. The molecule has 2 aromatic heterocycles. The molecule has 0 spiro atoms. The van der Waals surface area contributed by atoms with Crippen LogP contribution in [0, 0.1) is 0 Å². The lowest BCUT2D eigenvalue weighted by molar-refractivity contribution is -0.0217. The average molecular weight is 410 g/mol. The van der Waals surface area contributed by atoms with Crippen molar-refractivity contribution in [3.05, 3.63) is 6.33 Å². The van der Waals surface area contributed by atoms with Crippen LogP contribution < -0.4 is 5.73 Å². The van der Waals surface area contributed by atoms with Crippen LogP contribution in [0.5, 0.6) is 0 Å². The Labute approximate surface area is 166 Å². The van der Waals surface area contributed by atoms with Crippen molar-refractivity contribution < 1.29 is 9.16 Å². The number of anilines is 1. The third kappa shape index (κ3) is 3.74. The van der Waals surface area contributed by atoms with Gasteiger partial charge in [0.05, 0.1) is 17.6 Å². The SMILES string of the molecule is CC[C@H]1O[C@@H](n2nc(SC)c3c(N)ncnc32)C[C@@H]1O[Si](C)(C)C(C)(C)C. The Morgan fingerprint density at radius 3 is 2.67 bits per heavy atom. The number of nitrogens with two attached hydrogens (primary N) is 1. The van der Waals surface area contributed by atoms with Gasteiger partial charge in [-0.05, 0) is 30.8 Å². The number of hydrogen-bond acceptors (Lipinski definition) is 7. The van der Waals surface area contributed by atoms with Gasteiger partial charge in [-0.1, -0.05) is 27.7 Å². The first-order valence-corrected chi connectivity index (χ1v) is 13.6. The van der Waals surface area contributed by atoms with Crippen molar-refractivity contribution in [3.63, 3.8) is 0 Å². The fraction of sp³-hybridized carbons (Fsp3) is 0.722. The van der Waals surface area contributed by atoms with Crippen molar-refractivity contribution in [2.75, 3.05) is 12.0 Å². The number of nitrogens with zero attached hydrogens (tertiary/aromatic N) is 4. The maximum Gasteiger partial charge on any atom is 0.192 e. The molecule has 1 saturated heterocycles. The molecule has 2 N–H and O–H groups in total. The number of aromatic nitrogens is 4. The van der Waals surface area contributed by atoms with E-state index in [1.165, 1.54) is 6.33 Å². The summed E-state index contributed by atoms with van der Waals surface area (Å²) in [5.74, 6) is 0.453. The lowest BCUT2D eigenvalue weighted by Gasteiger charge is -2.39. The van der Waals surface area contributed by atoms with E-state index >= 15 is 0 Å². The quantitative estimate of drug-likeness (QED) is 0.584. The van der Waals surface area contributed by atoms with E-state index < -0.39 is 8.32 Å². The van der Waals surface area contributed by atoms with Crippen LogP contribution in [0.1, 0.15) is 46.8 Å². The van der Waals surface area contributed by atoms with Gasteiger partial charge < -0.3 is 14.9 Å². The molecule has 7 nitrogen and oxygen atoms in total. The van der Waals surface area contributed by atoms with Gasteiger partial charge in [0.2, 0.25) is 0 Å². The van der Waals surface area contributed by atoms with E-state index in [2.05, 4.69) is 50.8 Å². The van der Waals surface area contributed by atoms with Crippen molar-refractivity contribution >= 4 is 36.9 Å². The summed E-state index contributed by atoms with van der Waals surface area (Å²) >= 11 is 1.54. The Morgan fingerprint density at radius 1 is 1.37 bits per heavy atom. The van der Waals surface area contributed by atoms with Crippen molar-refractivity contribution in [1.29, 1.82) is 0 Å². The summed E-state index contributed by atoms with van der Waals surface area (Å²) in [6, 6.07) is 0. The summed E-state index contributed by atoms with van der Waals surface area (Å²) < 4.78 is 14.9. The molecular weight excluding hydrogens is 378 g/mol. The number of fused-ring (bicyclic) bond motifs is 1. The zero-order valence-electron chi connectivity index (χ0n) is 17.3. The van der Waals surface area contributed by atoms with Crippen LogP contribution in [-0.2, 0) is 9.16 Å². The first-order valence-electron chi connectivity index (χ1n) is 9.45. The van der Waals surface area contributed by atoms with Gasteiger partial charge in [0.1, 0.15) is 17.2 Å². The lowest BCUT2D eigenvalue weighted by Crippen LogP contribution is -2.45. The van der Waals surface area contributed by atoms with Crippen molar-refractivity contribution in [3.8, 4) is 0 Å². The lowest BCUT2D eigenvalue weighted by atomic mass is 10.1. The molecule has 0 unspecified atom stereocenters. The third-order valence-corrected chi connectivity index (χ3v) is 11.0. The van der Waals surface area contributed by atoms with E-state index in [0.29, 0.717) is 5.82 Å². The fourth-order valence-corrected chi connectivity index (χ4v) is 5.13. The summed E-state index contributed by atoms with van der Waals surface area (Å²) in [4.78, 5) is 8.55. The largest absolute Gasteiger partial charge is 0.411 e. The molecule has 9 heteroatoms. The minimum atomic E-state index is -1.88. The normalized spacial score (nSPS) is 24.0. The molecule has 3 atom stereocenters. The van der Waals surface area contributed by atoms with E-state index in [1.807, 2.05) is 10.9 Å². The zero-order chi connectivity index (χ0) is 20.0. The highest BCUT2D eigenvalue weighted by Crippen LogP contribution is 2.42. The summed E-state index contributed by atoms with van der Waals surface area (Å²) in [7, 11) is -1.88. The average Bonchev–Trinajstić information content (AvgIpc) is 3.15. The van der Waals surface area contributed by atoms with Crippen LogP contribution in [0.25, 0.3) is 11.0 Å². The van der Waals surface area contributed by atoms with Gasteiger partial charge in [0.25, 0.3) is 0 Å². The highest BCUT2D eigenvalue weighted by molar-refractivity contribution is 7.98. The molecule has 3 heterocycles. The molecule has 0 aromatic carbocycles. The van der Waals surface area contributed by atoms with Gasteiger partial charge >= 0.3 is 0 Å². The van der Waals surface area contributed by atoms with Crippen molar-refractivity contribution in [2.24, 2.45) is 0 Å². The van der Waals surface area contributed by atoms with Crippen LogP contribution in [0.4, 0.5) is 5.82 Å². The Kier molecular flexibility index (Phi) is 5.59. The maximum absolute atomic E-state index is 6.70. The van der Waals surface area contributed by atoms with Crippen molar-refractivity contribution in [2.45, 2.75) is 82.1 Å². The fourth-order valence-electron chi connectivity index (χ4n) is 3.20. The molecule has 27 heavy (non-hydrogen) atoms. The second-order valence-electron chi connectivity index (χ2n) is 8.60. The number of thioether (sulfide) groups is 1. The molecule has 0 aliphatic carbocycles. The second kappa shape index (κ2) is 7.34. The Balaban J connectivity index is 1.92. The molecule has 1 aliphatic rings. The van der Waals surface area contributed by atoms with Crippen LogP contribution in [0.15, 0.2) is 11.4 Å². The van der Waals surface area contributed by atoms with Gasteiger partial charge in [0, 0.05) is 6.42 Å². The summed E-state index contributed by atoms with van der Waals surface area (Å²) in [6.07, 6.45) is 5.04. The van der Waals surface area contributed by atoms with Gasteiger partial charge in [-0.15, -0.1) is 11.8 Å². The highest BCUT2D eigenvalue weighted by Gasteiger charge is 2.45. The van der Waals surface area contributed by atoms with Crippen LogP contribution in [-0.4, -0.2) is 46.5 Å². The monoisotopic (exact) mass is 409 g/mol. The number of nitrogen functional groups attached to an aromatic ring is 1. The Bertz CT molecular complexity index is 820.